The molecule has 1 saturated heterocycles. The molecule has 3 aromatic rings. The summed E-state index contributed by atoms with van der Waals surface area (Å²) in [5.74, 6) is 2.54. The van der Waals surface area contributed by atoms with E-state index in [-0.39, 0.29) is 0 Å². The molecule has 30 heavy (non-hydrogen) atoms. The van der Waals surface area contributed by atoms with E-state index in [0.29, 0.717) is 47.8 Å². The summed E-state index contributed by atoms with van der Waals surface area (Å²) in [6, 6.07) is 14.9. The van der Waals surface area contributed by atoms with E-state index in [9.17, 15) is 8.42 Å². The highest BCUT2D eigenvalue weighted by Crippen LogP contribution is 2.28. The first kappa shape index (κ1) is 20.8. The van der Waals surface area contributed by atoms with Crippen molar-refractivity contribution in [1.29, 1.82) is 0 Å². The SMILES string of the molecule is CCc1ccc(S(=O)(=O)N2CCN(c3cc(Oc4ccccc4)nc(C)n3)CC2)s1. The third kappa shape index (κ3) is 4.48. The lowest BCUT2D eigenvalue weighted by molar-refractivity contribution is 0.384. The molecule has 4 rings (SSSR count). The van der Waals surface area contributed by atoms with Gasteiger partial charge in [-0.05, 0) is 37.6 Å². The van der Waals surface area contributed by atoms with Gasteiger partial charge >= 0.3 is 0 Å². The van der Waals surface area contributed by atoms with Crippen molar-refractivity contribution < 1.29 is 13.2 Å². The number of rotatable bonds is 6. The highest BCUT2D eigenvalue weighted by molar-refractivity contribution is 7.91. The summed E-state index contributed by atoms with van der Waals surface area (Å²) in [6.07, 6.45) is 0.842. The van der Waals surface area contributed by atoms with Crippen LogP contribution in [0.15, 0.2) is 52.7 Å². The topological polar surface area (TPSA) is 75.6 Å². The number of aromatic nitrogens is 2. The number of nitrogens with zero attached hydrogens (tertiary/aromatic N) is 4. The molecule has 1 aromatic carbocycles. The second-order valence-corrected chi connectivity index (χ2v) is 10.3. The number of benzene rings is 1. The normalized spacial score (nSPS) is 15.3. The van der Waals surface area contributed by atoms with Crippen molar-refractivity contribution in [2.45, 2.75) is 24.5 Å². The van der Waals surface area contributed by atoms with Gasteiger partial charge in [0.05, 0.1) is 0 Å². The van der Waals surface area contributed by atoms with Gasteiger partial charge in [-0.2, -0.15) is 9.29 Å². The molecule has 1 aliphatic rings. The molecule has 0 spiro atoms. The molecule has 0 amide bonds. The van der Waals surface area contributed by atoms with Gasteiger partial charge in [-0.15, -0.1) is 11.3 Å². The lowest BCUT2D eigenvalue weighted by Crippen LogP contribution is -2.48. The van der Waals surface area contributed by atoms with Crippen LogP contribution in [0.4, 0.5) is 5.82 Å². The summed E-state index contributed by atoms with van der Waals surface area (Å²) in [5.41, 5.74) is 0. The first-order valence-corrected chi connectivity index (χ1v) is 12.1. The molecule has 1 fully saturated rings. The second kappa shape index (κ2) is 8.71. The minimum Gasteiger partial charge on any atom is -0.439 e. The predicted octanol–water partition coefficient (Wildman–Crippen LogP) is 3.71. The molecule has 158 valence electrons. The Morgan fingerprint density at radius 3 is 2.43 bits per heavy atom. The summed E-state index contributed by atoms with van der Waals surface area (Å²) in [5, 5.41) is 0. The minimum absolute atomic E-state index is 0.416. The van der Waals surface area contributed by atoms with E-state index in [0.717, 1.165) is 17.1 Å². The zero-order valence-corrected chi connectivity index (χ0v) is 18.6. The van der Waals surface area contributed by atoms with Crippen LogP contribution in [0, 0.1) is 6.92 Å². The summed E-state index contributed by atoms with van der Waals surface area (Å²) in [7, 11) is -3.45. The summed E-state index contributed by atoms with van der Waals surface area (Å²) in [6.45, 7) is 5.81. The van der Waals surface area contributed by atoms with Crippen LogP contribution in [0.2, 0.25) is 0 Å². The molecule has 0 radical (unpaired) electrons. The number of anilines is 1. The van der Waals surface area contributed by atoms with Gasteiger partial charge in [-0.3, -0.25) is 0 Å². The second-order valence-electron chi connectivity index (χ2n) is 6.99. The van der Waals surface area contributed by atoms with E-state index < -0.39 is 10.0 Å². The Hall–Kier alpha value is -2.49. The van der Waals surface area contributed by atoms with Gasteiger partial charge in [0.2, 0.25) is 5.88 Å². The Morgan fingerprint density at radius 2 is 1.77 bits per heavy atom. The smallest absolute Gasteiger partial charge is 0.252 e. The van der Waals surface area contributed by atoms with Crippen LogP contribution in [0.25, 0.3) is 0 Å². The maximum Gasteiger partial charge on any atom is 0.252 e. The molecule has 0 aliphatic carbocycles. The molecule has 1 aliphatic heterocycles. The van der Waals surface area contributed by atoms with Crippen LogP contribution < -0.4 is 9.64 Å². The van der Waals surface area contributed by atoms with Crippen molar-refractivity contribution in [3.05, 3.63) is 59.2 Å². The number of thiophene rings is 1. The summed E-state index contributed by atoms with van der Waals surface area (Å²) < 4.78 is 33.7. The Morgan fingerprint density at radius 1 is 1.03 bits per heavy atom. The summed E-state index contributed by atoms with van der Waals surface area (Å²) in [4.78, 5) is 12.0. The molecule has 0 bridgehead atoms. The van der Waals surface area contributed by atoms with E-state index in [4.69, 9.17) is 4.74 Å². The zero-order valence-electron chi connectivity index (χ0n) is 17.0. The van der Waals surface area contributed by atoms with Gasteiger partial charge in [0.25, 0.3) is 10.0 Å². The quantitative estimate of drug-likeness (QED) is 0.577. The van der Waals surface area contributed by atoms with Crippen molar-refractivity contribution in [2.75, 3.05) is 31.1 Å². The number of hydrogen-bond acceptors (Lipinski definition) is 7. The van der Waals surface area contributed by atoms with Crippen LogP contribution in [0.1, 0.15) is 17.6 Å². The van der Waals surface area contributed by atoms with Crippen LogP contribution in [0.5, 0.6) is 11.6 Å². The Bertz CT molecular complexity index is 1110. The fraction of sp³-hybridized carbons (Fsp3) is 0.333. The molecule has 0 saturated carbocycles. The third-order valence-electron chi connectivity index (χ3n) is 4.91. The monoisotopic (exact) mass is 444 g/mol. The highest BCUT2D eigenvalue weighted by atomic mass is 32.2. The fourth-order valence-corrected chi connectivity index (χ4v) is 6.19. The molecule has 2 aromatic heterocycles. The average Bonchev–Trinajstić information content (AvgIpc) is 3.24. The van der Waals surface area contributed by atoms with Crippen molar-refractivity contribution in [3.63, 3.8) is 0 Å². The fourth-order valence-electron chi connectivity index (χ4n) is 3.32. The first-order valence-electron chi connectivity index (χ1n) is 9.88. The number of para-hydroxylation sites is 1. The third-order valence-corrected chi connectivity index (χ3v) is 8.50. The van der Waals surface area contributed by atoms with E-state index in [1.807, 2.05) is 50.2 Å². The number of piperazine rings is 1. The maximum absolute atomic E-state index is 12.9. The number of hydrogen-bond donors (Lipinski definition) is 0. The molecular weight excluding hydrogens is 420 g/mol. The zero-order chi connectivity index (χ0) is 21.1. The molecule has 3 heterocycles. The predicted molar refractivity (Wildman–Crippen MR) is 118 cm³/mol. The van der Waals surface area contributed by atoms with E-state index in [2.05, 4.69) is 14.9 Å². The maximum atomic E-state index is 12.9. The average molecular weight is 445 g/mol. The lowest BCUT2D eigenvalue weighted by atomic mass is 10.3. The van der Waals surface area contributed by atoms with Gasteiger partial charge in [-0.1, -0.05) is 25.1 Å². The van der Waals surface area contributed by atoms with Crippen LogP contribution in [-0.2, 0) is 16.4 Å². The van der Waals surface area contributed by atoms with E-state index >= 15 is 0 Å². The van der Waals surface area contributed by atoms with Gasteiger partial charge < -0.3 is 9.64 Å². The number of aryl methyl sites for hydroxylation is 2. The van der Waals surface area contributed by atoms with Crippen LogP contribution >= 0.6 is 11.3 Å². The molecule has 9 heteroatoms. The summed E-state index contributed by atoms with van der Waals surface area (Å²) >= 11 is 1.36. The molecule has 7 nitrogen and oxygen atoms in total. The van der Waals surface area contributed by atoms with Crippen molar-refractivity contribution in [3.8, 4) is 11.6 Å². The van der Waals surface area contributed by atoms with Crippen LogP contribution in [0.3, 0.4) is 0 Å². The first-order chi connectivity index (χ1) is 14.5. The van der Waals surface area contributed by atoms with Gasteiger partial charge in [-0.25, -0.2) is 13.4 Å². The number of sulfonamides is 1. The largest absolute Gasteiger partial charge is 0.439 e. The molecule has 0 unspecified atom stereocenters. The van der Waals surface area contributed by atoms with Crippen molar-refractivity contribution in [2.24, 2.45) is 0 Å². The number of ether oxygens (including phenoxy) is 1. The molecule has 0 N–H and O–H groups in total. The standard InChI is InChI=1S/C21H24N4O3S2/c1-3-18-9-10-21(29-18)30(26,27)25-13-11-24(12-14-25)19-15-20(23-16(2)22-19)28-17-7-5-4-6-8-17/h4-10,15H,3,11-14H2,1-2H3. The Labute approximate surface area is 181 Å². The van der Waals surface area contributed by atoms with E-state index in [1.165, 1.54) is 11.3 Å². The Kier molecular flexibility index (Phi) is 6.03. The Balaban J connectivity index is 1.46. The minimum atomic E-state index is -3.45. The van der Waals surface area contributed by atoms with Crippen molar-refractivity contribution >= 4 is 27.2 Å². The molecule has 0 atom stereocenters. The van der Waals surface area contributed by atoms with Gasteiger partial charge in [0.15, 0.2) is 0 Å². The van der Waals surface area contributed by atoms with Crippen LogP contribution in [-0.4, -0.2) is 48.9 Å². The van der Waals surface area contributed by atoms with Crippen molar-refractivity contribution in [1.82, 2.24) is 14.3 Å². The lowest BCUT2D eigenvalue weighted by Gasteiger charge is -2.34. The van der Waals surface area contributed by atoms with Gasteiger partial charge in [0, 0.05) is 37.1 Å². The molecular formula is C21H24N4O3S2. The van der Waals surface area contributed by atoms with Gasteiger partial charge in [0.1, 0.15) is 21.6 Å². The van der Waals surface area contributed by atoms with E-state index in [1.54, 1.807) is 16.4 Å². The highest BCUT2D eigenvalue weighted by Gasteiger charge is 2.30.